The predicted molar refractivity (Wildman–Crippen MR) is 77.7 cm³/mol. The van der Waals surface area contributed by atoms with Gasteiger partial charge in [0.05, 0.1) is 17.6 Å². The van der Waals surface area contributed by atoms with Crippen LogP contribution in [0.3, 0.4) is 0 Å². The number of hydrogen-bond acceptors (Lipinski definition) is 4. The van der Waals surface area contributed by atoms with E-state index >= 15 is 0 Å². The molecule has 0 saturated heterocycles. The van der Waals surface area contributed by atoms with Crippen LogP contribution in [0.1, 0.15) is 64.8 Å². The van der Waals surface area contributed by atoms with Crippen LogP contribution in [0, 0.1) is 0 Å². The Labute approximate surface area is 114 Å². The van der Waals surface area contributed by atoms with Crippen molar-refractivity contribution in [3.05, 3.63) is 17.6 Å². The molecule has 0 aliphatic rings. The largest absolute Gasteiger partial charge is 0.351 e. The van der Waals surface area contributed by atoms with Crippen LogP contribution in [0.5, 0.6) is 0 Å². The van der Waals surface area contributed by atoms with Crippen LogP contribution in [0.25, 0.3) is 5.65 Å². The van der Waals surface area contributed by atoms with Gasteiger partial charge in [0.25, 0.3) is 0 Å². The minimum atomic E-state index is 0.309. The first-order valence-corrected chi connectivity index (χ1v) is 6.92. The van der Waals surface area contributed by atoms with E-state index in [0.29, 0.717) is 23.8 Å². The van der Waals surface area contributed by atoms with Gasteiger partial charge < -0.3 is 5.32 Å². The van der Waals surface area contributed by atoms with Crippen molar-refractivity contribution in [2.24, 2.45) is 0 Å². The van der Waals surface area contributed by atoms with Crippen LogP contribution in [0.15, 0.2) is 6.20 Å². The zero-order valence-corrected chi connectivity index (χ0v) is 12.6. The number of imidazole rings is 1. The number of nitrogens with zero attached hydrogens (tertiary/aromatic N) is 4. The standard InChI is InChI=1S/C14H23N5/c1-8(2)11-7-15-13-12(9(3)4)17-14(16-10(5)6)18-19(11)13/h7-10H,1-6H3,(H,16,18). The highest BCUT2D eigenvalue weighted by molar-refractivity contribution is 5.48. The van der Waals surface area contributed by atoms with E-state index in [1.165, 1.54) is 0 Å². The number of nitrogens with one attached hydrogen (secondary N) is 1. The predicted octanol–water partition coefficient (Wildman–Crippen LogP) is 3.19. The van der Waals surface area contributed by atoms with E-state index in [4.69, 9.17) is 0 Å². The summed E-state index contributed by atoms with van der Waals surface area (Å²) >= 11 is 0. The molecule has 0 aliphatic heterocycles. The summed E-state index contributed by atoms with van der Waals surface area (Å²) in [7, 11) is 0. The van der Waals surface area contributed by atoms with E-state index in [1.54, 1.807) is 0 Å². The summed E-state index contributed by atoms with van der Waals surface area (Å²) in [5.74, 6) is 1.38. The molecule has 0 unspecified atom stereocenters. The van der Waals surface area contributed by atoms with Crippen LogP contribution >= 0.6 is 0 Å². The molecule has 0 spiro atoms. The average Bonchev–Trinajstić information content (AvgIpc) is 2.70. The molecule has 5 heteroatoms. The van der Waals surface area contributed by atoms with Gasteiger partial charge in [-0.05, 0) is 25.7 Å². The Morgan fingerprint density at radius 3 is 2.26 bits per heavy atom. The van der Waals surface area contributed by atoms with Crippen LogP contribution in [-0.4, -0.2) is 25.6 Å². The van der Waals surface area contributed by atoms with Crippen molar-refractivity contribution in [3.8, 4) is 0 Å². The first kappa shape index (κ1) is 13.8. The molecule has 0 atom stereocenters. The topological polar surface area (TPSA) is 55.1 Å². The number of rotatable bonds is 4. The van der Waals surface area contributed by atoms with Crippen LogP contribution < -0.4 is 5.32 Å². The molecule has 0 radical (unpaired) electrons. The maximum absolute atomic E-state index is 4.61. The molecule has 1 N–H and O–H groups in total. The first-order valence-electron chi connectivity index (χ1n) is 6.92. The molecule has 0 saturated carbocycles. The molecule has 2 heterocycles. The zero-order valence-electron chi connectivity index (χ0n) is 12.6. The van der Waals surface area contributed by atoms with Crippen molar-refractivity contribution in [2.75, 3.05) is 5.32 Å². The van der Waals surface area contributed by atoms with Crippen molar-refractivity contribution in [1.82, 2.24) is 19.6 Å². The minimum Gasteiger partial charge on any atom is -0.351 e. The minimum absolute atomic E-state index is 0.309. The van der Waals surface area contributed by atoms with Gasteiger partial charge in [-0.3, -0.25) is 0 Å². The Kier molecular flexibility index (Phi) is 3.73. The zero-order chi connectivity index (χ0) is 14.2. The van der Waals surface area contributed by atoms with Crippen LogP contribution in [0.2, 0.25) is 0 Å². The Morgan fingerprint density at radius 1 is 1.05 bits per heavy atom. The first-order chi connectivity index (χ1) is 8.90. The highest BCUT2D eigenvalue weighted by Crippen LogP contribution is 2.22. The summed E-state index contributed by atoms with van der Waals surface area (Å²) in [6.45, 7) is 12.7. The maximum atomic E-state index is 4.61. The van der Waals surface area contributed by atoms with E-state index in [9.17, 15) is 0 Å². The molecule has 5 nitrogen and oxygen atoms in total. The maximum Gasteiger partial charge on any atom is 0.241 e. The number of hydrogen-bond donors (Lipinski definition) is 1. The van der Waals surface area contributed by atoms with E-state index in [1.807, 2.05) is 10.7 Å². The van der Waals surface area contributed by atoms with Crippen molar-refractivity contribution in [2.45, 2.75) is 59.4 Å². The fourth-order valence-electron chi connectivity index (χ4n) is 2.02. The van der Waals surface area contributed by atoms with E-state index in [2.05, 4.69) is 61.9 Å². The second-order valence-corrected chi connectivity index (χ2v) is 5.85. The molecule has 0 aliphatic carbocycles. The number of anilines is 1. The van der Waals surface area contributed by atoms with E-state index in [-0.39, 0.29) is 0 Å². The lowest BCUT2D eigenvalue weighted by Gasteiger charge is -2.13. The molecule has 0 fully saturated rings. The Balaban J connectivity index is 2.64. The summed E-state index contributed by atoms with van der Waals surface area (Å²) < 4.78 is 1.93. The molecule has 2 aromatic heterocycles. The van der Waals surface area contributed by atoms with Gasteiger partial charge in [0.2, 0.25) is 5.95 Å². The summed E-state index contributed by atoms with van der Waals surface area (Å²) in [6.07, 6.45) is 1.90. The molecule has 19 heavy (non-hydrogen) atoms. The molecule has 0 amide bonds. The van der Waals surface area contributed by atoms with Crippen molar-refractivity contribution in [3.63, 3.8) is 0 Å². The Hall–Kier alpha value is -1.65. The second-order valence-electron chi connectivity index (χ2n) is 5.85. The fraction of sp³-hybridized carbons (Fsp3) is 0.643. The van der Waals surface area contributed by atoms with Gasteiger partial charge in [0.1, 0.15) is 0 Å². The van der Waals surface area contributed by atoms with Gasteiger partial charge in [0, 0.05) is 6.04 Å². The summed E-state index contributed by atoms with van der Waals surface area (Å²) in [6, 6.07) is 0.309. The highest BCUT2D eigenvalue weighted by Gasteiger charge is 2.16. The van der Waals surface area contributed by atoms with Gasteiger partial charge in [-0.1, -0.05) is 27.7 Å². The summed E-state index contributed by atoms with van der Waals surface area (Å²) in [4.78, 5) is 9.10. The van der Waals surface area contributed by atoms with Crippen molar-refractivity contribution in [1.29, 1.82) is 0 Å². The van der Waals surface area contributed by atoms with Gasteiger partial charge in [-0.2, -0.15) is 0 Å². The van der Waals surface area contributed by atoms with Crippen molar-refractivity contribution < 1.29 is 0 Å². The third-order valence-corrected chi connectivity index (χ3v) is 2.97. The summed E-state index contributed by atoms with van der Waals surface area (Å²) in [5, 5.41) is 7.85. The summed E-state index contributed by atoms with van der Waals surface area (Å²) in [5.41, 5.74) is 2.98. The Morgan fingerprint density at radius 2 is 1.74 bits per heavy atom. The molecule has 0 aromatic carbocycles. The van der Waals surface area contributed by atoms with Gasteiger partial charge in [-0.15, -0.1) is 5.10 Å². The number of fused-ring (bicyclic) bond motifs is 1. The van der Waals surface area contributed by atoms with Crippen LogP contribution in [0.4, 0.5) is 5.95 Å². The SMILES string of the molecule is CC(C)Nc1nc(C(C)C)c2ncc(C(C)C)n2n1. The van der Waals surface area contributed by atoms with Gasteiger partial charge in [0.15, 0.2) is 5.65 Å². The van der Waals surface area contributed by atoms with E-state index < -0.39 is 0 Å². The van der Waals surface area contributed by atoms with Gasteiger partial charge >= 0.3 is 0 Å². The van der Waals surface area contributed by atoms with E-state index in [0.717, 1.165) is 17.0 Å². The molecular formula is C14H23N5. The fourth-order valence-corrected chi connectivity index (χ4v) is 2.02. The number of aromatic nitrogens is 4. The second kappa shape index (κ2) is 5.15. The lowest BCUT2D eigenvalue weighted by atomic mass is 10.1. The molecule has 104 valence electrons. The molecule has 2 aromatic rings. The lowest BCUT2D eigenvalue weighted by Crippen LogP contribution is -2.16. The smallest absolute Gasteiger partial charge is 0.241 e. The molecule has 2 rings (SSSR count). The van der Waals surface area contributed by atoms with Crippen LogP contribution in [-0.2, 0) is 0 Å². The third kappa shape index (κ3) is 2.69. The van der Waals surface area contributed by atoms with Crippen molar-refractivity contribution >= 4 is 11.6 Å². The average molecular weight is 261 g/mol. The molecular weight excluding hydrogens is 238 g/mol. The quantitative estimate of drug-likeness (QED) is 0.918. The van der Waals surface area contributed by atoms with Gasteiger partial charge in [-0.25, -0.2) is 14.5 Å². The highest BCUT2D eigenvalue weighted by atomic mass is 15.3. The molecule has 0 bridgehead atoms. The third-order valence-electron chi connectivity index (χ3n) is 2.97. The monoisotopic (exact) mass is 261 g/mol. The Bertz CT molecular complexity index is 568. The lowest BCUT2D eigenvalue weighted by molar-refractivity contribution is 0.722. The normalized spacial score (nSPS) is 12.1.